The fourth-order valence-electron chi connectivity index (χ4n) is 3.24. The minimum absolute atomic E-state index is 0.0703. The van der Waals surface area contributed by atoms with Crippen LogP contribution in [-0.4, -0.2) is 46.4 Å². The number of phenols is 1. The zero-order chi connectivity index (χ0) is 27.2. The molecule has 1 unspecified atom stereocenters. The number of halogens is 2. The van der Waals surface area contributed by atoms with Gasteiger partial charge in [0.1, 0.15) is 36.3 Å². The molecule has 2 amide bonds. The molecule has 4 N–H and O–H groups in total. The maximum atomic E-state index is 12.2. The van der Waals surface area contributed by atoms with Gasteiger partial charge in [-0.15, -0.1) is 0 Å². The number of aromatic hydroxyl groups is 1. The number of amides is 2. The van der Waals surface area contributed by atoms with E-state index in [0.717, 1.165) is 25.8 Å². The van der Waals surface area contributed by atoms with E-state index in [2.05, 4.69) is 33.2 Å². The van der Waals surface area contributed by atoms with Gasteiger partial charge < -0.3 is 30.3 Å². The first-order valence-corrected chi connectivity index (χ1v) is 13.2. The molecule has 2 rings (SSSR count). The Balaban J connectivity index is 2.03. The molecule has 0 bridgehead atoms. The number of carboxylic acid groups (broad SMARTS) is 1. The predicted molar refractivity (Wildman–Crippen MR) is 151 cm³/mol. The maximum absolute atomic E-state index is 12.2. The highest BCUT2D eigenvalue weighted by Gasteiger charge is 2.23. The second-order valence-corrected chi connectivity index (χ2v) is 11.6. The molecule has 0 aliphatic carbocycles. The van der Waals surface area contributed by atoms with Crippen LogP contribution in [-0.2, 0) is 27.4 Å². The SMILES string of the molecule is Cc1cc(OCc2c(C)cc(CC(NC(=O)CNC(=O)OC(C)(C)C)C(=O)O)cc2I)cc(I)c1O. The molecule has 0 heterocycles. The van der Waals surface area contributed by atoms with E-state index in [9.17, 15) is 24.6 Å². The number of alkyl carbamates (subject to hydrolysis) is 1. The molecule has 1 atom stereocenters. The van der Waals surface area contributed by atoms with Crippen molar-refractivity contribution in [1.82, 2.24) is 10.6 Å². The van der Waals surface area contributed by atoms with Gasteiger partial charge in [0.15, 0.2) is 0 Å². The summed E-state index contributed by atoms with van der Waals surface area (Å²) >= 11 is 4.23. The Bertz CT molecular complexity index is 1100. The van der Waals surface area contributed by atoms with E-state index in [1.165, 1.54) is 0 Å². The van der Waals surface area contributed by atoms with E-state index in [4.69, 9.17) is 9.47 Å². The van der Waals surface area contributed by atoms with Crippen molar-refractivity contribution < 1.29 is 34.1 Å². The van der Waals surface area contributed by atoms with Crippen LogP contribution in [0.4, 0.5) is 4.79 Å². The van der Waals surface area contributed by atoms with Crippen molar-refractivity contribution in [1.29, 1.82) is 0 Å². The van der Waals surface area contributed by atoms with Gasteiger partial charge in [-0.3, -0.25) is 4.79 Å². The number of carbonyl (C=O) groups excluding carboxylic acids is 2. The van der Waals surface area contributed by atoms with Crippen molar-refractivity contribution >= 4 is 63.2 Å². The van der Waals surface area contributed by atoms with Gasteiger partial charge in [-0.05, 0) is 115 Å². The number of aliphatic carboxylic acids is 1. The summed E-state index contributed by atoms with van der Waals surface area (Å²) < 4.78 is 12.6. The third-order valence-electron chi connectivity index (χ3n) is 4.95. The quantitative estimate of drug-likeness (QED) is 0.282. The fraction of sp³-hybridized carbons (Fsp3) is 0.400. The Morgan fingerprint density at radius 3 is 2.25 bits per heavy atom. The van der Waals surface area contributed by atoms with Crippen LogP contribution in [0, 0.1) is 21.0 Å². The summed E-state index contributed by atoms with van der Waals surface area (Å²) in [7, 11) is 0. The van der Waals surface area contributed by atoms with Gasteiger partial charge in [0, 0.05) is 15.6 Å². The zero-order valence-corrected chi connectivity index (χ0v) is 25.0. The number of hydrogen-bond donors (Lipinski definition) is 4. The molecule has 196 valence electrons. The molecule has 2 aromatic rings. The smallest absolute Gasteiger partial charge is 0.408 e. The molecule has 2 aromatic carbocycles. The topological polar surface area (TPSA) is 134 Å². The molecule has 11 heteroatoms. The first-order chi connectivity index (χ1) is 16.7. The normalized spacial score (nSPS) is 12.0. The van der Waals surface area contributed by atoms with E-state index < -0.39 is 36.2 Å². The van der Waals surface area contributed by atoms with Crippen molar-refractivity contribution in [2.24, 2.45) is 0 Å². The summed E-state index contributed by atoms with van der Waals surface area (Å²) in [6.07, 6.45) is -0.689. The Labute approximate surface area is 237 Å². The van der Waals surface area contributed by atoms with Gasteiger partial charge >= 0.3 is 12.1 Å². The summed E-state index contributed by atoms with van der Waals surface area (Å²) in [6.45, 7) is 8.71. The van der Waals surface area contributed by atoms with Gasteiger partial charge in [-0.25, -0.2) is 9.59 Å². The third kappa shape index (κ3) is 9.30. The van der Waals surface area contributed by atoms with Gasteiger partial charge in [0.2, 0.25) is 5.91 Å². The number of carboxylic acids is 1. The molecular weight excluding hydrogens is 694 g/mol. The molecule has 0 saturated heterocycles. The number of benzene rings is 2. The first kappa shape index (κ1) is 29.9. The summed E-state index contributed by atoms with van der Waals surface area (Å²) in [6, 6.07) is 6.09. The Kier molecular flexibility index (Phi) is 10.6. The molecule has 0 saturated carbocycles. The van der Waals surface area contributed by atoms with Crippen LogP contribution in [0.25, 0.3) is 0 Å². The Hall–Kier alpha value is -2.29. The number of carbonyl (C=O) groups is 3. The average Bonchev–Trinajstić information content (AvgIpc) is 2.73. The molecule has 0 fully saturated rings. The number of phenolic OH excluding ortho intramolecular Hbond substituents is 1. The second-order valence-electron chi connectivity index (χ2n) is 9.25. The largest absolute Gasteiger partial charge is 0.507 e. The minimum Gasteiger partial charge on any atom is -0.507 e. The number of hydrogen-bond acceptors (Lipinski definition) is 6. The lowest BCUT2D eigenvalue weighted by Gasteiger charge is -2.20. The van der Waals surface area contributed by atoms with Crippen molar-refractivity contribution in [3.05, 3.63) is 53.7 Å². The Morgan fingerprint density at radius 1 is 1.03 bits per heavy atom. The maximum Gasteiger partial charge on any atom is 0.408 e. The van der Waals surface area contributed by atoms with Crippen LogP contribution in [0.1, 0.15) is 43.0 Å². The lowest BCUT2D eigenvalue weighted by molar-refractivity contribution is -0.141. The summed E-state index contributed by atoms with van der Waals surface area (Å²) in [4.78, 5) is 35.7. The van der Waals surface area contributed by atoms with Gasteiger partial charge in [-0.2, -0.15) is 0 Å². The lowest BCUT2D eigenvalue weighted by atomic mass is 10.0. The number of nitrogens with one attached hydrogen (secondary N) is 2. The van der Waals surface area contributed by atoms with Crippen LogP contribution in [0.15, 0.2) is 24.3 Å². The molecule has 9 nitrogen and oxygen atoms in total. The zero-order valence-electron chi connectivity index (χ0n) is 20.7. The van der Waals surface area contributed by atoms with Crippen molar-refractivity contribution in [3.8, 4) is 11.5 Å². The molecular formula is C25H30I2N2O7. The van der Waals surface area contributed by atoms with Crippen LogP contribution < -0.4 is 15.4 Å². The predicted octanol–water partition coefficient (Wildman–Crippen LogP) is 4.43. The lowest BCUT2D eigenvalue weighted by Crippen LogP contribution is -2.47. The standard InChI is InChI=1S/C25H30I2N2O7/c1-13-6-15(8-18(26)17(13)12-35-16-7-14(2)22(31)19(27)10-16)9-20(23(32)33)29-21(30)11-28-24(34)36-25(3,4)5/h6-8,10,20,31H,9,11-12H2,1-5H3,(H,28,34)(H,29,30)(H,32,33). The van der Waals surface area contributed by atoms with Gasteiger partial charge in [-0.1, -0.05) is 6.07 Å². The van der Waals surface area contributed by atoms with Crippen molar-refractivity contribution in [3.63, 3.8) is 0 Å². The van der Waals surface area contributed by atoms with E-state index in [0.29, 0.717) is 15.9 Å². The molecule has 0 spiro atoms. The summed E-state index contributed by atoms with van der Waals surface area (Å²) in [5.41, 5.74) is 2.63. The molecule has 36 heavy (non-hydrogen) atoms. The highest BCUT2D eigenvalue weighted by Crippen LogP contribution is 2.30. The Morgan fingerprint density at radius 2 is 1.69 bits per heavy atom. The minimum atomic E-state index is -1.18. The van der Waals surface area contributed by atoms with Gasteiger partial charge in [0.25, 0.3) is 0 Å². The van der Waals surface area contributed by atoms with Crippen LogP contribution in [0.5, 0.6) is 11.5 Å². The molecule has 0 aliphatic heterocycles. The van der Waals surface area contributed by atoms with E-state index in [1.807, 2.05) is 41.6 Å². The van der Waals surface area contributed by atoms with Crippen molar-refractivity contribution in [2.45, 2.75) is 59.3 Å². The average molecular weight is 724 g/mol. The fourth-order valence-corrected chi connectivity index (χ4v) is 4.95. The summed E-state index contributed by atoms with van der Waals surface area (Å²) in [5, 5.41) is 24.3. The second kappa shape index (κ2) is 12.8. The number of aryl methyl sites for hydroxylation is 2. The van der Waals surface area contributed by atoms with Gasteiger partial charge in [0.05, 0.1) is 3.57 Å². The van der Waals surface area contributed by atoms with E-state index in [-0.39, 0.29) is 12.2 Å². The number of ether oxygens (including phenoxy) is 2. The van der Waals surface area contributed by atoms with Crippen LogP contribution in [0.2, 0.25) is 0 Å². The monoisotopic (exact) mass is 724 g/mol. The number of rotatable bonds is 9. The highest BCUT2D eigenvalue weighted by molar-refractivity contribution is 14.1. The van der Waals surface area contributed by atoms with E-state index in [1.54, 1.807) is 39.8 Å². The highest BCUT2D eigenvalue weighted by atomic mass is 127. The molecule has 0 aromatic heterocycles. The van der Waals surface area contributed by atoms with Crippen molar-refractivity contribution in [2.75, 3.05) is 6.54 Å². The third-order valence-corrected chi connectivity index (χ3v) is 6.74. The summed E-state index contributed by atoms with van der Waals surface area (Å²) in [5.74, 6) is -0.942. The molecule has 0 radical (unpaired) electrons. The molecule has 0 aliphatic rings. The van der Waals surface area contributed by atoms with E-state index >= 15 is 0 Å². The van der Waals surface area contributed by atoms with Crippen LogP contribution in [0.3, 0.4) is 0 Å². The van der Waals surface area contributed by atoms with Crippen LogP contribution >= 0.6 is 45.2 Å². The first-order valence-electron chi connectivity index (χ1n) is 11.0.